The van der Waals surface area contributed by atoms with Crippen molar-refractivity contribution in [2.75, 3.05) is 33.7 Å². The fourth-order valence-corrected chi connectivity index (χ4v) is 4.14. The number of rotatable bonds is 4. The number of hydrogen-bond donors (Lipinski definition) is 1. The van der Waals surface area contributed by atoms with Gasteiger partial charge in [0.1, 0.15) is 0 Å². The van der Waals surface area contributed by atoms with Crippen LogP contribution in [0.5, 0.6) is 0 Å². The lowest BCUT2D eigenvalue weighted by Crippen LogP contribution is -2.58. The predicted molar refractivity (Wildman–Crippen MR) is 87.2 cm³/mol. The molecule has 1 saturated heterocycles. The van der Waals surface area contributed by atoms with Gasteiger partial charge in [-0.05, 0) is 64.7 Å². The number of likely N-dealkylation sites (N-methyl/N-ethyl adjacent to an activating group) is 2. The Hall–Kier alpha value is -0.120. The quantitative estimate of drug-likeness (QED) is 0.854. The third-order valence-electron chi connectivity index (χ3n) is 5.45. The highest BCUT2D eigenvalue weighted by Gasteiger charge is 2.39. The molecule has 0 radical (unpaired) electrons. The maximum Gasteiger partial charge on any atom is 0.0255 e. The van der Waals surface area contributed by atoms with Gasteiger partial charge < -0.3 is 10.2 Å². The Morgan fingerprint density at radius 3 is 2.65 bits per heavy atom. The third kappa shape index (κ3) is 3.96. The normalized spacial score (nSPS) is 35.4. The summed E-state index contributed by atoms with van der Waals surface area (Å²) in [7, 11) is 4.47. The second kappa shape index (κ2) is 6.76. The summed E-state index contributed by atoms with van der Waals surface area (Å²) in [5, 5.41) is 3.76. The van der Waals surface area contributed by atoms with Crippen molar-refractivity contribution in [3.8, 4) is 0 Å². The van der Waals surface area contributed by atoms with Crippen molar-refractivity contribution in [2.45, 2.75) is 71.0 Å². The van der Waals surface area contributed by atoms with Gasteiger partial charge in [-0.2, -0.15) is 0 Å². The largest absolute Gasteiger partial charge is 0.313 e. The van der Waals surface area contributed by atoms with Crippen molar-refractivity contribution < 1.29 is 0 Å². The van der Waals surface area contributed by atoms with Crippen molar-refractivity contribution in [3.05, 3.63) is 0 Å². The molecule has 1 heterocycles. The summed E-state index contributed by atoms with van der Waals surface area (Å²) in [5.74, 6) is 0. The number of nitrogens with zero attached hydrogens (tertiary/aromatic N) is 2. The molecule has 1 aliphatic heterocycles. The molecule has 2 fully saturated rings. The van der Waals surface area contributed by atoms with E-state index >= 15 is 0 Å². The molecule has 3 nitrogen and oxygen atoms in total. The number of likely N-dealkylation sites (tertiary alicyclic amines) is 1. The van der Waals surface area contributed by atoms with Gasteiger partial charge in [0.25, 0.3) is 0 Å². The van der Waals surface area contributed by atoms with Crippen LogP contribution in [-0.4, -0.2) is 61.7 Å². The molecular formula is C17H35N3. The SMILES string of the molecule is CCNC1CCC(C)(C)CC1N1CCCC(N(C)C)C1. The first-order chi connectivity index (χ1) is 9.43. The Bertz CT molecular complexity index is 301. The average molecular weight is 281 g/mol. The topological polar surface area (TPSA) is 18.5 Å². The van der Waals surface area contributed by atoms with Gasteiger partial charge in [-0.25, -0.2) is 0 Å². The van der Waals surface area contributed by atoms with E-state index in [4.69, 9.17) is 0 Å². The van der Waals surface area contributed by atoms with Gasteiger partial charge in [0.15, 0.2) is 0 Å². The molecule has 20 heavy (non-hydrogen) atoms. The van der Waals surface area contributed by atoms with E-state index in [1.54, 1.807) is 0 Å². The summed E-state index contributed by atoms with van der Waals surface area (Å²) < 4.78 is 0. The summed E-state index contributed by atoms with van der Waals surface area (Å²) in [6.45, 7) is 10.8. The highest BCUT2D eigenvalue weighted by molar-refractivity contribution is 4.96. The first-order valence-corrected chi connectivity index (χ1v) is 8.57. The molecule has 0 amide bonds. The Morgan fingerprint density at radius 1 is 1.25 bits per heavy atom. The van der Waals surface area contributed by atoms with Crippen molar-refractivity contribution >= 4 is 0 Å². The first kappa shape index (κ1) is 16.3. The molecule has 0 aromatic heterocycles. The van der Waals surface area contributed by atoms with Crippen LogP contribution < -0.4 is 5.32 Å². The van der Waals surface area contributed by atoms with Gasteiger partial charge in [-0.15, -0.1) is 0 Å². The van der Waals surface area contributed by atoms with Crippen molar-refractivity contribution in [2.24, 2.45) is 5.41 Å². The molecule has 3 atom stereocenters. The summed E-state index contributed by atoms with van der Waals surface area (Å²) >= 11 is 0. The standard InChI is InChI=1S/C17H35N3/c1-6-18-15-9-10-17(2,3)12-16(15)20-11-7-8-14(13-20)19(4)5/h14-16,18H,6-13H2,1-5H3. The van der Waals surface area contributed by atoms with Crippen LogP contribution in [0.3, 0.4) is 0 Å². The van der Waals surface area contributed by atoms with E-state index in [1.807, 2.05) is 0 Å². The molecule has 0 aromatic carbocycles. The van der Waals surface area contributed by atoms with E-state index in [0.29, 0.717) is 11.5 Å². The van der Waals surface area contributed by atoms with Gasteiger partial charge in [-0.1, -0.05) is 20.8 Å². The third-order valence-corrected chi connectivity index (χ3v) is 5.45. The van der Waals surface area contributed by atoms with E-state index in [-0.39, 0.29) is 0 Å². The Labute approximate surface area is 126 Å². The predicted octanol–water partition coefficient (Wildman–Crippen LogP) is 2.57. The van der Waals surface area contributed by atoms with Gasteiger partial charge in [0, 0.05) is 24.7 Å². The molecule has 2 aliphatic rings. The van der Waals surface area contributed by atoms with Crippen LogP contribution in [0.25, 0.3) is 0 Å². The van der Waals surface area contributed by atoms with E-state index in [9.17, 15) is 0 Å². The highest BCUT2D eigenvalue weighted by atomic mass is 15.2. The molecule has 1 N–H and O–H groups in total. The monoisotopic (exact) mass is 281 g/mol. The smallest absolute Gasteiger partial charge is 0.0255 e. The zero-order chi connectivity index (χ0) is 14.8. The summed E-state index contributed by atoms with van der Waals surface area (Å²) in [5.41, 5.74) is 0.516. The second-order valence-corrected chi connectivity index (χ2v) is 7.89. The van der Waals surface area contributed by atoms with Crippen molar-refractivity contribution in [1.82, 2.24) is 15.1 Å². The highest BCUT2D eigenvalue weighted by Crippen LogP contribution is 2.38. The zero-order valence-corrected chi connectivity index (χ0v) is 14.3. The van der Waals surface area contributed by atoms with Crippen LogP contribution >= 0.6 is 0 Å². The minimum Gasteiger partial charge on any atom is -0.313 e. The maximum absolute atomic E-state index is 3.76. The molecule has 0 bridgehead atoms. The van der Waals surface area contributed by atoms with Gasteiger partial charge in [0.05, 0.1) is 0 Å². The van der Waals surface area contributed by atoms with Crippen LogP contribution in [-0.2, 0) is 0 Å². The Balaban J connectivity index is 2.05. The van der Waals surface area contributed by atoms with Crippen molar-refractivity contribution in [3.63, 3.8) is 0 Å². The van der Waals surface area contributed by atoms with E-state index in [2.05, 4.69) is 50.0 Å². The second-order valence-electron chi connectivity index (χ2n) is 7.89. The number of piperidine rings is 1. The zero-order valence-electron chi connectivity index (χ0n) is 14.3. The fraction of sp³-hybridized carbons (Fsp3) is 1.00. The van der Waals surface area contributed by atoms with Crippen LogP contribution in [0.15, 0.2) is 0 Å². The maximum atomic E-state index is 3.76. The number of nitrogens with one attached hydrogen (secondary N) is 1. The first-order valence-electron chi connectivity index (χ1n) is 8.57. The lowest BCUT2D eigenvalue weighted by Gasteiger charge is -2.49. The average Bonchev–Trinajstić information content (AvgIpc) is 2.41. The van der Waals surface area contributed by atoms with E-state index in [0.717, 1.165) is 18.6 Å². The van der Waals surface area contributed by atoms with E-state index < -0.39 is 0 Å². The molecule has 3 unspecified atom stereocenters. The van der Waals surface area contributed by atoms with Crippen LogP contribution in [0.1, 0.15) is 52.9 Å². The fourth-order valence-electron chi connectivity index (χ4n) is 4.14. The summed E-state index contributed by atoms with van der Waals surface area (Å²) in [6, 6.07) is 2.19. The van der Waals surface area contributed by atoms with Crippen LogP contribution in [0.4, 0.5) is 0 Å². The van der Waals surface area contributed by atoms with Gasteiger partial charge in [0.2, 0.25) is 0 Å². The minimum absolute atomic E-state index is 0.516. The van der Waals surface area contributed by atoms with Crippen LogP contribution in [0.2, 0.25) is 0 Å². The molecule has 1 aliphatic carbocycles. The summed E-state index contributed by atoms with van der Waals surface area (Å²) in [6.07, 6.45) is 6.79. The lowest BCUT2D eigenvalue weighted by molar-refractivity contribution is 0.0283. The van der Waals surface area contributed by atoms with Gasteiger partial charge >= 0.3 is 0 Å². The lowest BCUT2D eigenvalue weighted by atomic mass is 9.72. The molecular weight excluding hydrogens is 246 g/mol. The van der Waals surface area contributed by atoms with Crippen molar-refractivity contribution in [1.29, 1.82) is 0 Å². The Kier molecular flexibility index (Phi) is 5.49. The van der Waals surface area contributed by atoms with Crippen LogP contribution in [0, 0.1) is 5.41 Å². The van der Waals surface area contributed by atoms with E-state index in [1.165, 1.54) is 45.2 Å². The Morgan fingerprint density at radius 2 is 2.00 bits per heavy atom. The number of hydrogen-bond acceptors (Lipinski definition) is 3. The molecule has 1 saturated carbocycles. The van der Waals surface area contributed by atoms with Gasteiger partial charge in [-0.3, -0.25) is 4.90 Å². The summed E-state index contributed by atoms with van der Waals surface area (Å²) in [4.78, 5) is 5.21. The molecule has 118 valence electrons. The minimum atomic E-state index is 0.516. The molecule has 2 rings (SSSR count). The molecule has 0 aromatic rings. The molecule has 3 heteroatoms. The molecule has 0 spiro atoms.